The Morgan fingerprint density at radius 2 is 1.88 bits per heavy atom. The fourth-order valence-corrected chi connectivity index (χ4v) is 3.09. The zero-order chi connectivity index (χ0) is 19.3. The van der Waals surface area contributed by atoms with Crippen molar-refractivity contribution in [2.24, 2.45) is 5.92 Å². The highest BCUT2D eigenvalue weighted by atomic mass is 19.1. The van der Waals surface area contributed by atoms with Gasteiger partial charge in [-0.2, -0.15) is 0 Å². The van der Waals surface area contributed by atoms with Crippen LogP contribution in [0.2, 0.25) is 0 Å². The van der Waals surface area contributed by atoms with E-state index in [2.05, 4.69) is 0 Å². The summed E-state index contributed by atoms with van der Waals surface area (Å²) in [7, 11) is 0. The maximum Gasteiger partial charge on any atom is 0.248 e. The number of hydrogen-bond donors (Lipinski definition) is 0. The fourth-order valence-electron chi connectivity index (χ4n) is 3.09. The van der Waals surface area contributed by atoms with Gasteiger partial charge in [0, 0.05) is 26.1 Å². The second kappa shape index (κ2) is 9.12. The molecule has 5 nitrogen and oxygen atoms in total. The normalized spacial score (nSPS) is 18.6. The Bertz CT molecular complexity index is 616. The molecule has 1 aliphatic heterocycles. The van der Waals surface area contributed by atoms with E-state index in [1.807, 2.05) is 32.6 Å². The zero-order valence-electron chi connectivity index (χ0n) is 16.1. The van der Waals surface area contributed by atoms with Gasteiger partial charge in [-0.25, -0.2) is 4.39 Å². The predicted octanol–water partition coefficient (Wildman–Crippen LogP) is 2.84. The third kappa shape index (κ3) is 5.53. The van der Waals surface area contributed by atoms with Crippen LogP contribution in [0.1, 0.15) is 39.7 Å². The number of rotatable bonds is 6. The standard InChI is InChI=1S/C20H29FN2O3/c1-14(2)18-12-22(20(25)13-26-15(3)4)10-9-19(24)23(18)11-16-5-7-17(21)8-6-16/h5-8,14-15,18H,9-13H2,1-4H3. The molecule has 0 aliphatic carbocycles. The molecule has 2 amide bonds. The van der Waals surface area contributed by atoms with Gasteiger partial charge in [-0.3, -0.25) is 9.59 Å². The number of nitrogens with zero attached hydrogens (tertiary/aromatic N) is 2. The van der Waals surface area contributed by atoms with Crippen molar-refractivity contribution in [2.45, 2.75) is 52.8 Å². The zero-order valence-corrected chi connectivity index (χ0v) is 16.1. The highest BCUT2D eigenvalue weighted by Gasteiger charge is 2.33. The largest absolute Gasteiger partial charge is 0.369 e. The Morgan fingerprint density at radius 3 is 2.46 bits per heavy atom. The van der Waals surface area contributed by atoms with Gasteiger partial charge in [0.1, 0.15) is 12.4 Å². The lowest BCUT2D eigenvalue weighted by Crippen LogP contribution is -2.47. The van der Waals surface area contributed by atoms with E-state index in [-0.39, 0.29) is 48.7 Å². The molecule has 6 heteroatoms. The van der Waals surface area contributed by atoms with Crippen molar-refractivity contribution < 1.29 is 18.7 Å². The maximum atomic E-state index is 13.1. The topological polar surface area (TPSA) is 49.9 Å². The first-order valence-electron chi connectivity index (χ1n) is 9.21. The van der Waals surface area contributed by atoms with Crippen molar-refractivity contribution in [2.75, 3.05) is 19.7 Å². The van der Waals surface area contributed by atoms with Crippen molar-refractivity contribution in [3.05, 3.63) is 35.6 Å². The van der Waals surface area contributed by atoms with Gasteiger partial charge in [0.05, 0.1) is 12.1 Å². The molecule has 26 heavy (non-hydrogen) atoms. The van der Waals surface area contributed by atoms with Crippen molar-refractivity contribution in [3.8, 4) is 0 Å². The average Bonchev–Trinajstić information content (AvgIpc) is 2.75. The van der Waals surface area contributed by atoms with Crippen LogP contribution in [0.3, 0.4) is 0 Å². The summed E-state index contributed by atoms with van der Waals surface area (Å²) in [4.78, 5) is 28.7. The van der Waals surface area contributed by atoms with Gasteiger partial charge in [-0.1, -0.05) is 26.0 Å². The van der Waals surface area contributed by atoms with Crippen LogP contribution < -0.4 is 0 Å². The number of halogens is 1. The molecule has 1 atom stereocenters. The molecule has 0 N–H and O–H groups in total. The van der Waals surface area contributed by atoms with Gasteiger partial charge >= 0.3 is 0 Å². The monoisotopic (exact) mass is 364 g/mol. The Balaban J connectivity index is 2.14. The minimum Gasteiger partial charge on any atom is -0.369 e. The average molecular weight is 364 g/mol. The highest BCUT2D eigenvalue weighted by Crippen LogP contribution is 2.21. The molecule has 0 aromatic heterocycles. The van der Waals surface area contributed by atoms with E-state index in [4.69, 9.17) is 4.74 Å². The van der Waals surface area contributed by atoms with Crippen LogP contribution in [0.5, 0.6) is 0 Å². The summed E-state index contributed by atoms with van der Waals surface area (Å²) in [6.45, 7) is 9.23. The molecule has 1 fully saturated rings. The van der Waals surface area contributed by atoms with Gasteiger partial charge in [0.25, 0.3) is 0 Å². The second-order valence-corrected chi connectivity index (χ2v) is 7.41. The molecule has 0 bridgehead atoms. The SMILES string of the molecule is CC(C)OCC(=O)N1CCC(=O)N(Cc2ccc(F)cc2)C(C(C)C)C1. The van der Waals surface area contributed by atoms with Gasteiger partial charge in [0.2, 0.25) is 11.8 Å². The first kappa shape index (κ1) is 20.4. The molecule has 0 radical (unpaired) electrons. The molecule has 144 valence electrons. The predicted molar refractivity (Wildman–Crippen MR) is 97.9 cm³/mol. The number of hydrogen-bond acceptors (Lipinski definition) is 3. The van der Waals surface area contributed by atoms with Crippen LogP contribution in [0, 0.1) is 11.7 Å². The van der Waals surface area contributed by atoms with E-state index in [0.717, 1.165) is 5.56 Å². The van der Waals surface area contributed by atoms with Crippen molar-refractivity contribution in [3.63, 3.8) is 0 Å². The van der Waals surface area contributed by atoms with Crippen molar-refractivity contribution >= 4 is 11.8 Å². The van der Waals surface area contributed by atoms with Crippen LogP contribution in [0.4, 0.5) is 4.39 Å². The molecular formula is C20H29FN2O3. The lowest BCUT2D eigenvalue weighted by Gasteiger charge is -2.34. The minimum atomic E-state index is -0.293. The number of amides is 2. The van der Waals surface area contributed by atoms with Crippen LogP contribution in [0.25, 0.3) is 0 Å². The third-order valence-corrected chi connectivity index (χ3v) is 4.65. The second-order valence-electron chi connectivity index (χ2n) is 7.41. The van der Waals surface area contributed by atoms with E-state index < -0.39 is 0 Å². The lowest BCUT2D eigenvalue weighted by molar-refractivity contribution is -0.138. The summed E-state index contributed by atoms with van der Waals surface area (Å²) in [5, 5.41) is 0. The lowest BCUT2D eigenvalue weighted by atomic mass is 10.0. The summed E-state index contributed by atoms with van der Waals surface area (Å²) in [5.41, 5.74) is 0.883. The van der Waals surface area contributed by atoms with Gasteiger partial charge < -0.3 is 14.5 Å². The molecule has 1 heterocycles. The summed E-state index contributed by atoms with van der Waals surface area (Å²) < 4.78 is 18.6. The van der Waals surface area contributed by atoms with E-state index >= 15 is 0 Å². The van der Waals surface area contributed by atoms with Crippen LogP contribution in [-0.2, 0) is 20.9 Å². The highest BCUT2D eigenvalue weighted by molar-refractivity contribution is 5.81. The summed E-state index contributed by atoms with van der Waals surface area (Å²) in [5.74, 6) is -0.161. The summed E-state index contributed by atoms with van der Waals surface area (Å²) in [6.07, 6.45) is 0.279. The Hall–Kier alpha value is -1.95. The molecule has 1 saturated heterocycles. The molecule has 1 aliphatic rings. The van der Waals surface area contributed by atoms with E-state index in [1.54, 1.807) is 17.0 Å². The number of carbonyl (C=O) groups excluding carboxylic acids is 2. The van der Waals surface area contributed by atoms with E-state index in [9.17, 15) is 14.0 Å². The van der Waals surface area contributed by atoms with Crippen molar-refractivity contribution in [1.82, 2.24) is 9.80 Å². The molecule has 0 saturated carbocycles. The van der Waals surface area contributed by atoms with E-state index in [0.29, 0.717) is 19.6 Å². The van der Waals surface area contributed by atoms with Crippen LogP contribution in [0.15, 0.2) is 24.3 Å². The molecule has 1 unspecified atom stereocenters. The number of carbonyl (C=O) groups is 2. The van der Waals surface area contributed by atoms with Crippen molar-refractivity contribution in [1.29, 1.82) is 0 Å². The molecule has 1 aromatic rings. The smallest absolute Gasteiger partial charge is 0.248 e. The summed E-state index contributed by atoms with van der Waals surface area (Å²) in [6, 6.07) is 6.12. The van der Waals surface area contributed by atoms with Crippen LogP contribution in [-0.4, -0.2) is 53.5 Å². The maximum absolute atomic E-state index is 13.1. The van der Waals surface area contributed by atoms with Crippen LogP contribution >= 0.6 is 0 Å². The first-order valence-corrected chi connectivity index (χ1v) is 9.21. The van der Waals surface area contributed by atoms with E-state index in [1.165, 1.54) is 12.1 Å². The number of ether oxygens (including phenoxy) is 1. The van der Waals surface area contributed by atoms with Gasteiger partial charge in [0.15, 0.2) is 0 Å². The molecule has 1 aromatic carbocycles. The molecular weight excluding hydrogens is 335 g/mol. The minimum absolute atomic E-state index is 0.0107. The molecule has 0 spiro atoms. The quantitative estimate of drug-likeness (QED) is 0.780. The third-order valence-electron chi connectivity index (χ3n) is 4.65. The summed E-state index contributed by atoms with van der Waals surface area (Å²) >= 11 is 0. The Labute approximate surface area is 155 Å². The Morgan fingerprint density at radius 1 is 1.23 bits per heavy atom. The number of benzene rings is 1. The van der Waals surface area contributed by atoms with Gasteiger partial charge in [-0.15, -0.1) is 0 Å². The fraction of sp³-hybridized carbons (Fsp3) is 0.600. The molecule has 2 rings (SSSR count). The first-order chi connectivity index (χ1) is 12.3. The Kier molecular flexibility index (Phi) is 7.14. The van der Waals surface area contributed by atoms with Gasteiger partial charge in [-0.05, 0) is 37.5 Å².